The zero-order valence-corrected chi connectivity index (χ0v) is 16.4. The number of amides is 1. The highest BCUT2D eigenvalue weighted by atomic mass is 32.2. The molecule has 0 aliphatic carbocycles. The molecule has 1 amide bonds. The SMILES string of the molecule is O=C(Nc1ccccc1SC(F)F)c1sccc1S(=O)(=O)N1CCOCC1. The van der Waals surface area contributed by atoms with Crippen LogP contribution in [0.25, 0.3) is 0 Å². The minimum Gasteiger partial charge on any atom is -0.379 e. The first kappa shape index (κ1) is 20.2. The van der Waals surface area contributed by atoms with Gasteiger partial charge in [-0.2, -0.15) is 13.1 Å². The van der Waals surface area contributed by atoms with Crippen LogP contribution < -0.4 is 5.32 Å². The minimum atomic E-state index is -3.84. The molecule has 1 N–H and O–H groups in total. The van der Waals surface area contributed by atoms with Gasteiger partial charge in [0.15, 0.2) is 0 Å². The Morgan fingerprint density at radius 3 is 2.63 bits per heavy atom. The molecule has 1 saturated heterocycles. The normalized spacial score (nSPS) is 15.8. The number of carbonyl (C=O) groups excluding carboxylic acids is 1. The van der Waals surface area contributed by atoms with Crippen molar-refractivity contribution in [1.29, 1.82) is 0 Å². The lowest BCUT2D eigenvalue weighted by Gasteiger charge is -2.26. The minimum absolute atomic E-state index is 0.0124. The zero-order chi connectivity index (χ0) is 19.4. The summed E-state index contributed by atoms with van der Waals surface area (Å²) in [7, 11) is -3.84. The highest BCUT2D eigenvalue weighted by Crippen LogP contribution is 2.33. The number of carbonyl (C=O) groups is 1. The van der Waals surface area contributed by atoms with Gasteiger partial charge in [0.1, 0.15) is 9.77 Å². The van der Waals surface area contributed by atoms with Crippen LogP contribution in [-0.4, -0.2) is 50.7 Å². The monoisotopic (exact) mass is 434 g/mol. The fourth-order valence-electron chi connectivity index (χ4n) is 2.54. The lowest BCUT2D eigenvalue weighted by Crippen LogP contribution is -2.41. The molecule has 2 aromatic rings. The Bertz CT molecular complexity index is 912. The van der Waals surface area contributed by atoms with Gasteiger partial charge in [0.2, 0.25) is 10.0 Å². The number of thiophene rings is 1. The molecule has 0 saturated carbocycles. The van der Waals surface area contributed by atoms with Crippen molar-refractivity contribution in [3.63, 3.8) is 0 Å². The Morgan fingerprint density at radius 2 is 1.93 bits per heavy atom. The maximum Gasteiger partial charge on any atom is 0.288 e. The van der Waals surface area contributed by atoms with Crippen molar-refractivity contribution in [2.45, 2.75) is 15.5 Å². The number of alkyl halides is 2. The van der Waals surface area contributed by atoms with Gasteiger partial charge in [-0.3, -0.25) is 4.79 Å². The summed E-state index contributed by atoms with van der Waals surface area (Å²) in [6.07, 6.45) is 0. The molecular weight excluding hydrogens is 418 g/mol. The van der Waals surface area contributed by atoms with E-state index in [2.05, 4.69) is 5.32 Å². The molecule has 1 aliphatic rings. The molecule has 1 aromatic heterocycles. The standard InChI is InChI=1S/C16H16F2N2O4S3/c17-16(18)26-12-4-2-1-3-11(12)19-15(21)14-13(5-10-25-14)27(22,23)20-6-8-24-9-7-20/h1-5,10,16H,6-9H2,(H,19,21). The van der Waals surface area contributed by atoms with E-state index in [4.69, 9.17) is 4.74 Å². The largest absolute Gasteiger partial charge is 0.379 e. The van der Waals surface area contributed by atoms with E-state index in [-0.39, 0.29) is 33.4 Å². The molecule has 6 nitrogen and oxygen atoms in total. The number of nitrogens with one attached hydrogen (secondary N) is 1. The maximum absolute atomic E-state index is 12.8. The molecule has 0 atom stereocenters. The predicted octanol–water partition coefficient (Wildman–Crippen LogP) is 3.34. The predicted molar refractivity (Wildman–Crippen MR) is 100 cm³/mol. The molecule has 0 spiro atoms. The topological polar surface area (TPSA) is 75.7 Å². The van der Waals surface area contributed by atoms with Crippen LogP contribution >= 0.6 is 23.1 Å². The van der Waals surface area contributed by atoms with Crippen LogP contribution in [0.1, 0.15) is 9.67 Å². The number of anilines is 1. The van der Waals surface area contributed by atoms with Crippen molar-refractivity contribution in [1.82, 2.24) is 4.31 Å². The van der Waals surface area contributed by atoms with E-state index in [0.29, 0.717) is 25.0 Å². The van der Waals surface area contributed by atoms with E-state index < -0.39 is 21.7 Å². The molecule has 11 heteroatoms. The highest BCUT2D eigenvalue weighted by Gasteiger charge is 2.31. The van der Waals surface area contributed by atoms with Crippen molar-refractivity contribution in [3.8, 4) is 0 Å². The molecule has 1 fully saturated rings. The molecule has 1 aliphatic heterocycles. The first-order valence-electron chi connectivity index (χ1n) is 7.90. The van der Waals surface area contributed by atoms with Gasteiger partial charge in [-0.1, -0.05) is 23.9 Å². The lowest BCUT2D eigenvalue weighted by molar-refractivity contribution is 0.0730. The van der Waals surface area contributed by atoms with Gasteiger partial charge in [-0.05, 0) is 23.6 Å². The number of sulfonamides is 1. The van der Waals surface area contributed by atoms with E-state index in [9.17, 15) is 22.0 Å². The number of rotatable bonds is 6. The van der Waals surface area contributed by atoms with Crippen LogP contribution in [0.5, 0.6) is 0 Å². The van der Waals surface area contributed by atoms with Gasteiger partial charge in [-0.25, -0.2) is 8.42 Å². The lowest BCUT2D eigenvalue weighted by atomic mass is 10.3. The van der Waals surface area contributed by atoms with Gasteiger partial charge >= 0.3 is 0 Å². The fraction of sp³-hybridized carbons (Fsp3) is 0.312. The van der Waals surface area contributed by atoms with Crippen molar-refractivity contribution in [2.24, 2.45) is 0 Å². The Hall–Kier alpha value is -1.53. The first-order chi connectivity index (χ1) is 12.9. The Labute approximate surface area is 163 Å². The number of nitrogens with zero attached hydrogens (tertiary/aromatic N) is 1. The molecule has 146 valence electrons. The number of thioether (sulfide) groups is 1. The quantitative estimate of drug-likeness (QED) is 0.706. The second kappa shape index (κ2) is 8.65. The molecule has 0 unspecified atom stereocenters. The zero-order valence-electron chi connectivity index (χ0n) is 13.9. The van der Waals surface area contributed by atoms with Crippen molar-refractivity contribution in [3.05, 3.63) is 40.6 Å². The summed E-state index contributed by atoms with van der Waals surface area (Å²) in [5, 5.41) is 4.06. The van der Waals surface area contributed by atoms with Crippen molar-refractivity contribution >= 4 is 44.7 Å². The summed E-state index contributed by atoms with van der Waals surface area (Å²) in [4.78, 5) is 12.8. The molecule has 27 heavy (non-hydrogen) atoms. The second-order valence-electron chi connectivity index (χ2n) is 5.46. The number of morpholine rings is 1. The van der Waals surface area contributed by atoms with Gasteiger partial charge in [0, 0.05) is 18.0 Å². The van der Waals surface area contributed by atoms with E-state index >= 15 is 0 Å². The fourth-order valence-corrected chi connectivity index (χ4v) is 5.84. The van der Waals surface area contributed by atoms with E-state index in [0.717, 1.165) is 11.3 Å². The van der Waals surface area contributed by atoms with Crippen molar-refractivity contribution < 1.29 is 26.7 Å². The molecule has 2 heterocycles. The van der Waals surface area contributed by atoms with Crippen molar-refractivity contribution in [2.75, 3.05) is 31.6 Å². The summed E-state index contributed by atoms with van der Waals surface area (Å²) in [5.74, 6) is -3.29. The van der Waals surface area contributed by atoms with Crippen LogP contribution in [-0.2, 0) is 14.8 Å². The van der Waals surface area contributed by atoms with Crippen LogP contribution in [0.2, 0.25) is 0 Å². The Kier molecular flexibility index (Phi) is 6.48. The number of ether oxygens (including phenoxy) is 1. The maximum atomic E-state index is 12.8. The third-order valence-corrected chi connectivity index (χ3v) is 7.55. The third kappa shape index (κ3) is 4.66. The second-order valence-corrected chi connectivity index (χ2v) is 9.31. The summed E-state index contributed by atoms with van der Waals surface area (Å²) in [6, 6.07) is 7.52. The molecular formula is C16H16F2N2O4S3. The summed E-state index contributed by atoms with van der Waals surface area (Å²) < 4.78 is 57.5. The average molecular weight is 435 g/mol. The molecule has 0 radical (unpaired) electrons. The summed E-state index contributed by atoms with van der Waals surface area (Å²) in [5.41, 5.74) is 0.205. The van der Waals surface area contributed by atoms with E-state index in [1.54, 1.807) is 12.1 Å². The number of benzene rings is 1. The van der Waals surface area contributed by atoms with Gasteiger partial charge in [0.25, 0.3) is 11.7 Å². The number of hydrogen-bond acceptors (Lipinski definition) is 6. The van der Waals surface area contributed by atoms with Gasteiger partial charge < -0.3 is 10.1 Å². The van der Waals surface area contributed by atoms with E-state index in [1.807, 2.05) is 0 Å². The third-order valence-electron chi connectivity index (χ3n) is 3.77. The van der Waals surface area contributed by atoms with Crippen LogP contribution in [0.3, 0.4) is 0 Å². The molecule has 0 bridgehead atoms. The summed E-state index contributed by atoms with van der Waals surface area (Å²) >= 11 is 1.30. The van der Waals surface area contributed by atoms with Gasteiger partial charge in [-0.15, -0.1) is 11.3 Å². The van der Waals surface area contributed by atoms with E-state index in [1.165, 1.54) is 27.9 Å². The number of halogens is 2. The molecule has 1 aromatic carbocycles. The van der Waals surface area contributed by atoms with Crippen LogP contribution in [0, 0.1) is 0 Å². The Balaban J connectivity index is 1.85. The number of hydrogen-bond donors (Lipinski definition) is 1. The number of para-hydroxylation sites is 1. The highest BCUT2D eigenvalue weighted by molar-refractivity contribution is 7.99. The van der Waals surface area contributed by atoms with Gasteiger partial charge in [0.05, 0.1) is 18.9 Å². The molecule has 3 rings (SSSR count). The smallest absolute Gasteiger partial charge is 0.288 e. The van der Waals surface area contributed by atoms with Crippen LogP contribution in [0.4, 0.5) is 14.5 Å². The Morgan fingerprint density at radius 1 is 1.22 bits per heavy atom. The average Bonchev–Trinajstić information content (AvgIpc) is 3.14. The van der Waals surface area contributed by atoms with Crippen LogP contribution in [0.15, 0.2) is 45.5 Å². The summed E-state index contributed by atoms with van der Waals surface area (Å²) in [6.45, 7) is 1.02. The first-order valence-corrected chi connectivity index (χ1v) is 11.1.